The SMILES string of the molecule is CCNC(=NCc1nc(C)c(C)o1)NCC(c1ccccc1)C(C)C.I. The summed E-state index contributed by atoms with van der Waals surface area (Å²) >= 11 is 0. The van der Waals surface area contributed by atoms with Crippen molar-refractivity contribution in [3.05, 3.63) is 53.2 Å². The number of nitrogens with zero attached hydrogens (tertiary/aromatic N) is 2. The van der Waals surface area contributed by atoms with Crippen LogP contribution in [0.25, 0.3) is 0 Å². The van der Waals surface area contributed by atoms with Crippen molar-refractivity contribution in [2.45, 2.75) is 47.1 Å². The van der Waals surface area contributed by atoms with Gasteiger partial charge in [-0.25, -0.2) is 9.98 Å². The number of rotatable bonds is 7. The summed E-state index contributed by atoms with van der Waals surface area (Å²) in [5.74, 6) is 3.26. The van der Waals surface area contributed by atoms with Gasteiger partial charge in [0.2, 0.25) is 5.89 Å². The minimum absolute atomic E-state index is 0. The molecule has 0 spiro atoms. The number of guanidine groups is 1. The molecule has 0 saturated carbocycles. The average Bonchev–Trinajstić information content (AvgIpc) is 2.91. The molecular formula is C20H31IN4O. The molecule has 0 saturated heterocycles. The predicted molar refractivity (Wildman–Crippen MR) is 118 cm³/mol. The zero-order valence-electron chi connectivity index (χ0n) is 16.4. The molecule has 0 bridgehead atoms. The summed E-state index contributed by atoms with van der Waals surface area (Å²) in [7, 11) is 0. The fraction of sp³-hybridized carbons (Fsp3) is 0.500. The Balaban J connectivity index is 0.00000338. The third-order valence-corrected chi connectivity index (χ3v) is 4.31. The van der Waals surface area contributed by atoms with E-state index in [0.717, 1.165) is 30.5 Å². The lowest BCUT2D eigenvalue weighted by Gasteiger charge is -2.23. The lowest BCUT2D eigenvalue weighted by molar-refractivity contribution is 0.471. The van der Waals surface area contributed by atoms with Crippen molar-refractivity contribution in [3.63, 3.8) is 0 Å². The number of benzene rings is 1. The van der Waals surface area contributed by atoms with Gasteiger partial charge in [0, 0.05) is 19.0 Å². The highest BCUT2D eigenvalue weighted by Gasteiger charge is 2.16. The molecule has 0 aliphatic rings. The van der Waals surface area contributed by atoms with Gasteiger partial charge < -0.3 is 15.1 Å². The molecule has 0 fully saturated rings. The maximum atomic E-state index is 5.60. The van der Waals surface area contributed by atoms with Gasteiger partial charge in [-0.2, -0.15) is 0 Å². The Hall–Kier alpha value is -1.57. The number of hydrogen-bond donors (Lipinski definition) is 2. The number of aromatic nitrogens is 1. The summed E-state index contributed by atoms with van der Waals surface area (Å²) in [6.45, 7) is 12.5. The van der Waals surface area contributed by atoms with E-state index in [9.17, 15) is 0 Å². The van der Waals surface area contributed by atoms with E-state index in [-0.39, 0.29) is 24.0 Å². The normalized spacial score (nSPS) is 12.6. The minimum atomic E-state index is 0. The first-order valence-electron chi connectivity index (χ1n) is 9.01. The van der Waals surface area contributed by atoms with E-state index in [4.69, 9.17) is 4.42 Å². The number of halogens is 1. The third-order valence-electron chi connectivity index (χ3n) is 4.31. The van der Waals surface area contributed by atoms with Crippen LogP contribution in [0.3, 0.4) is 0 Å². The fourth-order valence-electron chi connectivity index (χ4n) is 2.74. The standard InChI is InChI=1S/C20H30N4O.HI/c1-6-21-20(23-13-19-24-15(4)16(5)25-19)22-12-18(14(2)3)17-10-8-7-9-11-17;/h7-11,14,18H,6,12-13H2,1-5H3,(H2,21,22,23);1H. The lowest BCUT2D eigenvalue weighted by atomic mass is 9.88. The molecule has 0 aliphatic carbocycles. The van der Waals surface area contributed by atoms with Crippen molar-refractivity contribution in [1.29, 1.82) is 0 Å². The monoisotopic (exact) mass is 470 g/mol. The van der Waals surface area contributed by atoms with E-state index in [1.807, 2.05) is 13.8 Å². The predicted octanol–water partition coefficient (Wildman–Crippen LogP) is 4.40. The number of nitrogens with one attached hydrogen (secondary N) is 2. The van der Waals surface area contributed by atoms with Gasteiger partial charge in [-0.05, 0) is 32.3 Å². The molecule has 6 heteroatoms. The molecule has 1 atom stereocenters. The van der Waals surface area contributed by atoms with Crippen LogP contribution in [0.2, 0.25) is 0 Å². The van der Waals surface area contributed by atoms with Crippen LogP contribution in [0, 0.1) is 19.8 Å². The number of aliphatic imine (C=N–C) groups is 1. The Morgan fingerprint density at radius 2 is 1.85 bits per heavy atom. The molecule has 2 rings (SSSR count). The quantitative estimate of drug-likeness (QED) is 0.358. The van der Waals surface area contributed by atoms with Crippen LogP contribution >= 0.6 is 24.0 Å². The van der Waals surface area contributed by atoms with Crippen LogP contribution in [0.15, 0.2) is 39.7 Å². The van der Waals surface area contributed by atoms with Crippen molar-refractivity contribution >= 4 is 29.9 Å². The molecule has 1 aromatic heterocycles. The molecule has 1 heterocycles. The molecule has 0 radical (unpaired) electrons. The second-order valence-corrected chi connectivity index (χ2v) is 6.59. The van der Waals surface area contributed by atoms with Crippen LogP contribution in [0.5, 0.6) is 0 Å². The Kier molecular flexibility index (Phi) is 9.69. The van der Waals surface area contributed by atoms with Gasteiger partial charge in [0.1, 0.15) is 12.3 Å². The van der Waals surface area contributed by atoms with Crippen molar-refractivity contribution in [2.24, 2.45) is 10.9 Å². The maximum absolute atomic E-state index is 5.60. The van der Waals surface area contributed by atoms with Crippen LogP contribution < -0.4 is 10.6 Å². The van der Waals surface area contributed by atoms with E-state index < -0.39 is 0 Å². The number of oxazole rings is 1. The highest BCUT2D eigenvalue weighted by Crippen LogP contribution is 2.23. The van der Waals surface area contributed by atoms with Gasteiger partial charge in [-0.1, -0.05) is 44.2 Å². The first-order valence-corrected chi connectivity index (χ1v) is 9.01. The molecule has 1 unspecified atom stereocenters. The summed E-state index contributed by atoms with van der Waals surface area (Å²) in [6.07, 6.45) is 0. The smallest absolute Gasteiger partial charge is 0.216 e. The van der Waals surface area contributed by atoms with Gasteiger partial charge in [-0.15, -0.1) is 24.0 Å². The van der Waals surface area contributed by atoms with Crippen LogP contribution in [-0.2, 0) is 6.54 Å². The van der Waals surface area contributed by atoms with Crippen LogP contribution in [-0.4, -0.2) is 24.0 Å². The van der Waals surface area contributed by atoms with Gasteiger partial charge in [0.25, 0.3) is 0 Å². The van der Waals surface area contributed by atoms with Gasteiger partial charge in [0.05, 0.1) is 5.69 Å². The zero-order chi connectivity index (χ0) is 18.2. The summed E-state index contributed by atoms with van der Waals surface area (Å²) in [5.41, 5.74) is 2.27. The first kappa shape index (κ1) is 22.5. The van der Waals surface area contributed by atoms with Crippen molar-refractivity contribution < 1.29 is 4.42 Å². The average molecular weight is 470 g/mol. The molecule has 2 N–H and O–H groups in total. The Bertz CT molecular complexity index is 663. The largest absolute Gasteiger partial charge is 0.444 e. The Labute approximate surface area is 174 Å². The Morgan fingerprint density at radius 3 is 2.38 bits per heavy atom. The van der Waals surface area contributed by atoms with Crippen LogP contribution in [0.4, 0.5) is 0 Å². The van der Waals surface area contributed by atoms with E-state index in [0.29, 0.717) is 24.3 Å². The summed E-state index contributed by atoms with van der Waals surface area (Å²) in [6, 6.07) is 10.6. The third kappa shape index (κ3) is 6.63. The lowest BCUT2D eigenvalue weighted by Crippen LogP contribution is -2.40. The molecule has 0 amide bonds. The van der Waals surface area contributed by atoms with Gasteiger partial charge in [0.15, 0.2) is 5.96 Å². The highest BCUT2D eigenvalue weighted by molar-refractivity contribution is 14.0. The second-order valence-electron chi connectivity index (χ2n) is 6.59. The zero-order valence-corrected chi connectivity index (χ0v) is 18.7. The maximum Gasteiger partial charge on any atom is 0.216 e. The molecule has 2 aromatic rings. The van der Waals surface area contributed by atoms with E-state index in [1.165, 1.54) is 5.56 Å². The van der Waals surface area contributed by atoms with E-state index in [2.05, 4.69) is 71.7 Å². The molecule has 144 valence electrons. The van der Waals surface area contributed by atoms with E-state index in [1.54, 1.807) is 0 Å². The molecule has 1 aromatic carbocycles. The van der Waals surface area contributed by atoms with Crippen molar-refractivity contribution in [3.8, 4) is 0 Å². The van der Waals surface area contributed by atoms with Crippen molar-refractivity contribution in [1.82, 2.24) is 15.6 Å². The Morgan fingerprint density at radius 1 is 1.15 bits per heavy atom. The number of aryl methyl sites for hydroxylation is 2. The molecule has 5 nitrogen and oxygen atoms in total. The molecular weight excluding hydrogens is 439 g/mol. The fourth-order valence-corrected chi connectivity index (χ4v) is 2.74. The van der Waals surface area contributed by atoms with Gasteiger partial charge in [-0.3, -0.25) is 0 Å². The van der Waals surface area contributed by atoms with Crippen molar-refractivity contribution in [2.75, 3.05) is 13.1 Å². The number of hydrogen-bond acceptors (Lipinski definition) is 3. The summed E-state index contributed by atoms with van der Waals surface area (Å²) in [4.78, 5) is 8.99. The van der Waals surface area contributed by atoms with E-state index >= 15 is 0 Å². The minimum Gasteiger partial charge on any atom is -0.444 e. The summed E-state index contributed by atoms with van der Waals surface area (Å²) in [5, 5.41) is 6.75. The van der Waals surface area contributed by atoms with Crippen LogP contribution in [0.1, 0.15) is 49.6 Å². The highest BCUT2D eigenvalue weighted by atomic mass is 127. The second kappa shape index (κ2) is 11.2. The molecule has 26 heavy (non-hydrogen) atoms. The first-order chi connectivity index (χ1) is 12.0. The molecule has 0 aliphatic heterocycles. The summed E-state index contributed by atoms with van der Waals surface area (Å²) < 4.78 is 5.60. The topological polar surface area (TPSA) is 62.5 Å². The van der Waals surface area contributed by atoms with Gasteiger partial charge >= 0.3 is 0 Å².